The van der Waals surface area contributed by atoms with E-state index in [0.717, 1.165) is 0 Å². The first kappa shape index (κ1) is 14.2. The Morgan fingerprint density at radius 2 is 1.60 bits per heavy atom. The molecule has 0 saturated heterocycles. The fourth-order valence-electron chi connectivity index (χ4n) is 0.679. The Balaban J connectivity index is 4.43. The molecule has 7 heteroatoms. The molecule has 4 nitrogen and oxygen atoms in total. The van der Waals surface area contributed by atoms with Gasteiger partial charge in [-0.05, 0) is 20.8 Å². The highest BCUT2D eigenvalue weighted by Crippen LogP contribution is 2.31. The van der Waals surface area contributed by atoms with Crippen LogP contribution in [-0.2, 0) is 9.53 Å². The molecule has 0 heterocycles. The maximum atomic E-state index is 11.9. The van der Waals surface area contributed by atoms with Gasteiger partial charge in [0.15, 0.2) is 0 Å². The van der Waals surface area contributed by atoms with Crippen LogP contribution in [0.25, 0.3) is 0 Å². The molecule has 0 atom stereocenters. The Morgan fingerprint density at radius 1 is 1.20 bits per heavy atom. The fourth-order valence-corrected chi connectivity index (χ4v) is 0.679. The largest absolute Gasteiger partial charge is 0.460 e. The molecule has 0 aliphatic heterocycles. The number of halogens is 3. The van der Waals surface area contributed by atoms with E-state index < -0.39 is 30.0 Å². The van der Waals surface area contributed by atoms with E-state index in [4.69, 9.17) is 10.2 Å². The van der Waals surface area contributed by atoms with Gasteiger partial charge in [-0.2, -0.15) is 13.2 Å². The van der Waals surface area contributed by atoms with Crippen LogP contribution in [0.3, 0.4) is 0 Å². The molecular formula is C8H13F3O4. The number of carbonyl (C=O) groups excluding carboxylic acids is 1. The van der Waals surface area contributed by atoms with Crippen molar-refractivity contribution in [3.8, 4) is 0 Å². The summed E-state index contributed by atoms with van der Waals surface area (Å²) in [7, 11) is 0. The lowest BCUT2D eigenvalue weighted by molar-refractivity contribution is -0.349. The van der Waals surface area contributed by atoms with Crippen molar-refractivity contribution in [1.82, 2.24) is 0 Å². The van der Waals surface area contributed by atoms with E-state index in [0.29, 0.717) is 0 Å². The summed E-state index contributed by atoms with van der Waals surface area (Å²) in [6.07, 6.45) is -6.84. The first-order chi connectivity index (χ1) is 6.35. The van der Waals surface area contributed by atoms with E-state index in [1.54, 1.807) is 0 Å². The van der Waals surface area contributed by atoms with Crippen LogP contribution in [0, 0.1) is 0 Å². The predicted octanol–water partition coefficient (Wildman–Crippen LogP) is 0.961. The molecule has 0 rings (SSSR count). The second-order valence-corrected chi connectivity index (χ2v) is 4.08. The smallest absolute Gasteiger partial charge is 0.443 e. The molecule has 0 fully saturated rings. The maximum absolute atomic E-state index is 11.9. The van der Waals surface area contributed by atoms with E-state index in [-0.39, 0.29) is 0 Å². The van der Waals surface area contributed by atoms with Crippen molar-refractivity contribution in [2.75, 3.05) is 0 Å². The van der Waals surface area contributed by atoms with Crippen LogP contribution in [-0.4, -0.2) is 33.7 Å². The number of aliphatic hydroxyl groups is 2. The molecule has 0 radical (unpaired) electrons. The second kappa shape index (κ2) is 3.97. The summed E-state index contributed by atoms with van der Waals surface area (Å²) >= 11 is 0. The number of hydrogen-bond acceptors (Lipinski definition) is 4. The highest BCUT2D eigenvalue weighted by molar-refractivity contribution is 5.71. The van der Waals surface area contributed by atoms with Crippen LogP contribution in [0.2, 0.25) is 0 Å². The molecule has 0 aromatic carbocycles. The minimum absolute atomic E-state index is 0.973. The molecule has 0 aromatic rings. The number of alkyl halides is 3. The summed E-state index contributed by atoms with van der Waals surface area (Å²) < 4.78 is 40.3. The fraction of sp³-hybridized carbons (Fsp3) is 0.875. The number of rotatable bonds is 2. The Hall–Kier alpha value is -0.820. The van der Waals surface area contributed by atoms with Crippen molar-refractivity contribution < 1.29 is 32.9 Å². The normalized spacial score (nSPS) is 13.9. The van der Waals surface area contributed by atoms with Gasteiger partial charge in [-0.15, -0.1) is 0 Å². The van der Waals surface area contributed by atoms with E-state index in [1.165, 1.54) is 20.8 Å². The highest BCUT2D eigenvalue weighted by atomic mass is 19.4. The van der Waals surface area contributed by atoms with Crippen molar-refractivity contribution in [2.24, 2.45) is 0 Å². The van der Waals surface area contributed by atoms with Gasteiger partial charge in [0.2, 0.25) is 0 Å². The van der Waals surface area contributed by atoms with E-state index >= 15 is 0 Å². The van der Waals surface area contributed by atoms with Crippen molar-refractivity contribution in [3.63, 3.8) is 0 Å². The molecule has 0 aliphatic carbocycles. The third kappa shape index (κ3) is 4.98. The van der Waals surface area contributed by atoms with Gasteiger partial charge in [-0.25, -0.2) is 0 Å². The maximum Gasteiger partial charge on any atom is 0.443 e. The number of ether oxygens (including phenoxy) is 1. The first-order valence-corrected chi connectivity index (χ1v) is 4.08. The minimum Gasteiger partial charge on any atom is -0.460 e. The van der Waals surface area contributed by atoms with Crippen LogP contribution in [0.1, 0.15) is 27.2 Å². The van der Waals surface area contributed by atoms with Gasteiger partial charge in [-0.3, -0.25) is 4.79 Å². The van der Waals surface area contributed by atoms with Gasteiger partial charge in [0.05, 0.1) is 0 Å². The third-order valence-corrected chi connectivity index (χ3v) is 1.26. The van der Waals surface area contributed by atoms with Gasteiger partial charge in [0.1, 0.15) is 12.0 Å². The monoisotopic (exact) mass is 230 g/mol. The van der Waals surface area contributed by atoms with Gasteiger partial charge < -0.3 is 14.9 Å². The lowest BCUT2D eigenvalue weighted by atomic mass is 10.1. The van der Waals surface area contributed by atoms with Crippen molar-refractivity contribution in [1.29, 1.82) is 0 Å². The molecule has 0 unspecified atom stereocenters. The van der Waals surface area contributed by atoms with Crippen LogP contribution in [0.4, 0.5) is 13.2 Å². The summed E-state index contributed by atoms with van der Waals surface area (Å²) in [6.45, 7) is 4.36. The van der Waals surface area contributed by atoms with E-state index in [2.05, 4.69) is 4.74 Å². The lowest BCUT2D eigenvalue weighted by Crippen LogP contribution is -2.47. The van der Waals surface area contributed by atoms with Gasteiger partial charge >= 0.3 is 12.1 Å². The van der Waals surface area contributed by atoms with E-state index in [9.17, 15) is 18.0 Å². The predicted molar refractivity (Wildman–Crippen MR) is 43.7 cm³/mol. The van der Waals surface area contributed by atoms with Crippen molar-refractivity contribution >= 4 is 5.97 Å². The molecule has 0 spiro atoms. The van der Waals surface area contributed by atoms with Gasteiger partial charge in [0.25, 0.3) is 5.79 Å². The summed E-state index contributed by atoms with van der Waals surface area (Å²) in [5.41, 5.74) is -0.973. The molecule has 0 bridgehead atoms. The Kier molecular flexibility index (Phi) is 3.76. The second-order valence-electron chi connectivity index (χ2n) is 4.08. The molecule has 15 heavy (non-hydrogen) atoms. The number of hydrogen-bond donors (Lipinski definition) is 2. The number of esters is 1. The quantitative estimate of drug-likeness (QED) is 0.547. The lowest BCUT2D eigenvalue weighted by Gasteiger charge is -2.26. The van der Waals surface area contributed by atoms with E-state index in [1.807, 2.05) is 0 Å². The standard InChI is InChI=1S/C8H13F3O4/c1-6(2,3)15-5(12)4-7(13,14)8(9,10)11/h13-14H,4H2,1-3H3. The first-order valence-electron chi connectivity index (χ1n) is 4.08. The molecule has 0 aliphatic rings. The summed E-state index contributed by atoms with van der Waals surface area (Å²) in [5.74, 6) is -5.38. The topological polar surface area (TPSA) is 66.8 Å². The Morgan fingerprint density at radius 3 is 1.87 bits per heavy atom. The average Bonchev–Trinajstić information content (AvgIpc) is 1.75. The highest BCUT2D eigenvalue weighted by Gasteiger charge is 2.54. The third-order valence-electron chi connectivity index (χ3n) is 1.26. The Bertz CT molecular complexity index is 239. The SMILES string of the molecule is CC(C)(C)OC(=O)CC(O)(O)C(F)(F)F. The molecule has 2 N–H and O–H groups in total. The van der Waals surface area contributed by atoms with Crippen LogP contribution in [0.15, 0.2) is 0 Å². The number of carbonyl (C=O) groups is 1. The Labute approximate surface area is 84.7 Å². The molecular weight excluding hydrogens is 217 g/mol. The molecule has 0 saturated carbocycles. The van der Waals surface area contributed by atoms with Crippen molar-refractivity contribution in [2.45, 2.75) is 44.8 Å². The minimum atomic E-state index is -5.29. The van der Waals surface area contributed by atoms with Crippen LogP contribution >= 0.6 is 0 Å². The zero-order valence-electron chi connectivity index (χ0n) is 8.55. The van der Waals surface area contributed by atoms with Crippen molar-refractivity contribution in [3.05, 3.63) is 0 Å². The average molecular weight is 230 g/mol. The zero-order valence-corrected chi connectivity index (χ0v) is 8.55. The van der Waals surface area contributed by atoms with Gasteiger partial charge in [-0.1, -0.05) is 0 Å². The summed E-state index contributed by atoms with van der Waals surface area (Å²) in [5, 5.41) is 17.1. The van der Waals surface area contributed by atoms with Crippen LogP contribution in [0.5, 0.6) is 0 Å². The molecule has 0 aromatic heterocycles. The molecule has 0 amide bonds. The summed E-state index contributed by atoms with van der Waals surface area (Å²) in [6, 6.07) is 0. The van der Waals surface area contributed by atoms with Crippen LogP contribution < -0.4 is 0 Å². The molecule has 90 valence electrons. The summed E-state index contributed by atoms with van der Waals surface area (Å²) in [4.78, 5) is 10.9. The van der Waals surface area contributed by atoms with Gasteiger partial charge in [0, 0.05) is 0 Å². The zero-order chi connectivity index (χ0) is 12.5.